The van der Waals surface area contributed by atoms with Crippen molar-refractivity contribution in [3.63, 3.8) is 0 Å². The van der Waals surface area contributed by atoms with Gasteiger partial charge in [0.15, 0.2) is 0 Å². The zero-order valence-corrected chi connectivity index (χ0v) is 20.2. The van der Waals surface area contributed by atoms with Gasteiger partial charge >= 0.3 is 0 Å². The van der Waals surface area contributed by atoms with Gasteiger partial charge in [0.05, 0.1) is 22.8 Å². The second kappa shape index (κ2) is 8.43. The molecular weight excluding hydrogens is 406 g/mol. The minimum atomic E-state index is -0.208. The van der Waals surface area contributed by atoms with Gasteiger partial charge in [-0.05, 0) is 64.4 Å². The minimum Gasteiger partial charge on any atom is -0.507 e. The van der Waals surface area contributed by atoms with Gasteiger partial charge in [-0.15, -0.1) is 0 Å². The predicted octanol–water partition coefficient (Wildman–Crippen LogP) is 7.17. The molecule has 3 aromatic heterocycles. The van der Waals surface area contributed by atoms with E-state index in [4.69, 9.17) is 4.98 Å². The van der Waals surface area contributed by atoms with Crippen molar-refractivity contribution in [3.8, 4) is 39.7 Å². The van der Waals surface area contributed by atoms with Gasteiger partial charge in [0.2, 0.25) is 0 Å². The van der Waals surface area contributed by atoms with Gasteiger partial charge < -0.3 is 5.11 Å². The molecule has 0 atom stereocenters. The molecule has 4 nitrogen and oxygen atoms in total. The monoisotopic (exact) mass is 437 g/mol. The Kier molecular flexibility index (Phi) is 5.79. The second-order valence-corrected chi connectivity index (χ2v) is 10.5. The maximum Gasteiger partial charge on any atom is 0.127 e. The zero-order valence-electron chi connectivity index (χ0n) is 20.2. The molecule has 0 unspecified atom stereocenters. The van der Waals surface area contributed by atoms with Crippen LogP contribution >= 0.6 is 0 Å². The van der Waals surface area contributed by atoms with Gasteiger partial charge in [0, 0.05) is 23.5 Å². The lowest BCUT2D eigenvalue weighted by atomic mass is 9.78. The molecule has 3 heterocycles. The number of phenolic OH excluding ortho intramolecular Hbond substituents is 1. The fraction of sp³-hybridized carbons (Fsp3) is 0.276. The summed E-state index contributed by atoms with van der Waals surface area (Å²) in [6.45, 7) is 13.0. The van der Waals surface area contributed by atoms with Gasteiger partial charge in [-0.25, -0.2) is 4.98 Å². The molecule has 4 aromatic rings. The van der Waals surface area contributed by atoms with Crippen molar-refractivity contribution in [2.75, 3.05) is 0 Å². The van der Waals surface area contributed by atoms with E-state index in [0.29, 0.717) is 5.75 Å². The van der Waals surface area contributed by atoms with Crippen molar-refractivity contribution in [2.45, 2.75) is 52.4 Å². The summed E-state index contributed by atoms with van der Waals surface area (Å²) in [4.78, 5) is 13.9. The van der Waals surface area contributed by atoms with Crippen molar-refractivity contribution >= 4 is 0 Å². The molecule has 0 aliphatic heterocycles. The van der Waals surface area contributed by atoms with Gasteiger partial charge in [0.25, 0.3) is 0 Å². The smallest absolute Gasteiger partial charge is 0.127 e. The number of hydrogen-bond acceptors (Lipinski definition) is 4. The summed E-state index contributed by atoms with van der Waals surface area (Å²) in [5, 5.41) is 11.4. The highest BCUT2D eigenvalue weighted by Crippen LogP contribution is 2.43. The van der Waals surface area contributed by atoms with E-state index >= 15 is 0 Å². The van der Waals surface area contributed by atoms with E-state index in [1.165, 1.54) is 5.56 Å². The molecule has 168 valence electrons. The molecule has 0 saturated heterocycles. The maximum atomic E-state index is 11.4. The number of phenols is 1. The van der Waals surface area contributed by atoms with Gasteiger partial charge in [-0.3, -0.25) is 9.97 Å². The number of pyridine rings is 3. The van der Waals surface area contributed by atoms with Crippen LogP contribution in [0.25, 0.3) is 33.9 Å². The van der Waals surface area contributed by atoms with Crippen LogP contribution in [0.1, 0.15) is 52.7 Å². The highest BCUT2D eigenvalue weighted by atomic mass is 16.3. The van der Waals surface area contributed by atoms with Crippen molar-refractivity contribution < 1.29 is 5.11 Å². The van der Waals surface area contributed by atoms with E-state index in [9.17, 15) is 5.11 Å². The number of hydrogen-bond donors (Lipinski definition) is 1. The van der Waals surface area contributed by atoms with Crippen LogP contribution in [0.2, 0.25) is 0 Å². The van der Waals surface area contributed by atoms with Crippen molar-refractivity contribution in [3.05, 3.63) is 84.2 Å². The fourth-order valence-corrected chi connectivity index (χ4v) is 3.84. The van der Waals surface area contributed by atoms with Crippen LogP contribution in [0.15, 0.2) is 73.1 Å². The van der Waals surface area contributed by atoms with Crippen molar-refractivity contribution in [2.24, 2.45) is 0 Å². The molecule has 1 N–H and O–H groups in total. The summed E-state index contributed by atoms with van der Waals surface area (Å²) >= 11 is 0. The van der Waals surface area contributed by atoms with E-state index in [0.717, 1.165) is 39.5 Å². The van der Waals surface area contributed by atoms with Crippen LogP contribution in [0.5, 0.6) is 5.75 Å². The van der Waals surface area contributed by atoms with E-state index < -0.39 is 0 Å². The number of nitrogens with zero attached hydrogens (tertiary/aromatic N) is 3. The molecule has 1 aromatic carbocycles. The molecule has 0 amide bonds. The zero-order chi connectivity index (χ0) is 23.8. The maximum absolute atomic E-state index is 11.4. The fourth-order valence-electron chi connectivity index (χ4n) is 3.84. The summed E-state index contributed by atoms with van der Waals surface area (Å²) in [6.07, 6.45) is 3.53. The van der Waals surface area contributed by atoms with Gasteiger partial charge in [-0.2, -0.15) is 0 Å². The minimum absolute atomic E-state index is 0.0664. The Balaban J connectivity index is 2.02. The molecular formula is C29H31N3O. The molecule has 0 radical (unpaired) electrons. The third kappa shape index (κ3) is 4.80. The SMILES string of the molecule is CC(C)(C)c1cc(-c2cc(-c3ccccn3)nc(-c3ccccn3)c2)c(O)c(C(C)(C)C)c1. The number of rotatable bonds is 3. The van der Waals surface area contributed by atoms with Gasteiger partial charge in [0.1, 0.15) is 5.75 Å². The molecule has 33 heavy (non-hydrogen) atoms. The van der Waals surface area contributed by atoms with Crippen LogP contribution in [-0.2, 0) is 10.8 Å². The highest BCUT2D eigenvalue weighted by molar-refractivity contribution is 5.79. The Labute approximate surface area is 196 Å². The third-order valence-electron chi connectivity index (χ3n) is 5.77. The third-order valence-corrected chi connectivity index (χ3v) is 5.77. The Morgan fingerprint density at radius 2 is 1.18 bits per heavy atom. The second-order valence-electron chi connectivity index (χ2n) is 10.5. The van der Waals surface area contributed by atoms with E-state index in [2.05, 4.69) is 63.6 Å². The number of aromatic nitrogens is 3. The standard InChI is InChI=1S/C29H31N3O/c1-28(2,3)20-17-21(27(33)22(18-20)29(4,5)6)19-15-25(23-11-7-9-13-30-23)32-26(16-19)24-12-8-10-14-31-24/h7-18,33H,1-6H3. The van der Waals surface area contributed by atoms with E-state index in [1.807, 2.05) is 48.5 Å². The summed E-state index contributed by atoms with van der Waals surface area (Å²) in [7, 11) is 0. The van der Waals surface area contributed by atoms with Crippen LogP contribution < -0.4 is 0 Å². The number of aromatic hydroxyl groups is 1. The number of benzene rings is 1. The summed E-state index contributed by atoms with van der Waals surface area (Å²) in [5.74, 6) is 0.306. The average molecular weight is 438 g/mol. The topological polar surface area (TPSA) is 58.9 Å². The van der Waals surface area contributed by atoms with Crippen LogP contribution in [0, 0.1) is 0 Å². The average Bonchev–Trinajstić information content (AvgIpc) is 2.78. The lowest BCUT2D eigenvalue weighted by Crippen LogP contribution is -2.17. The molecule has 0 bridgehead atoms. The first-order valence-corrected chi connectivity index (χ1v) is 11.3. The van der Waals surface area contributed by atoms with E-state index in [-0.39, 0.29) is 10.8 Å². The Hall–Kier alpha value is -3.53. The first kappa shape index (κ1) is 22.7. The van der Waals surface area contributed by atoms with E-state index in [1.54, 1.807) is 12.4 Å². The van der Waals surface area contributed by atoms with Crippen LogP contribution in [0.3, 0.4) is 0 Å². The molecule has 4 heteroatoms. The summed E-state index contributed by atoms with van der Waals surface area (Å²) in [6, 6.07) is 19.8. The van der Waals surface area contributed by atoms with Crippen molar-refractivity contribution in [1.82, 2.24) is 15.0 Å². The largest absolute Gasteiger partial charge is 0.507 e. The van der Waals surface area contributed by atoms with Crippen LogP contribution in [-0.4, -0.2) is 20.1 Å². The Bertz CT molecular complexity index is 1210. The Morgan fingerprint density at radius 1 is 0.636 bits per heavy atom. The van der Waals surface area contributed by atoms with Crippen molar-refractivity contribution in [1.29, 1.82) is 0 Å². The molecule has 0 saturated carbocycles. The molecule has 4 rings (SSSR count). The lowest BCUT2D eigenvalue weighted by molar-refractivity contribution is 0.446. The molecule has 0 fully saturated rings. The normalized spacial score (nSPS) is 12.1. The quantitative estimate of drug-likeness (QED) is 0.369. The Morgan fingerprint density at radius 3 is 1.61 bits per heavy atom. The highest BCUT2D eigenvalue weighted by Gasteiger charge is 2.26. The predicted molar refractivity (Wildman–Crippen MR) is 135 cm³/mol. The molecule has 0 aliphatic rings. The first-order chi connectivity index (χ1) is 15.5. The lowest BCUT2D eigenvalue weighted by Gasteiger charge is -2.27. The molecule has 0 aliphatic carbocycles. The summed E-state index contributed by atoms with van der Waals surface area (Å²) < 4.78 is 0. The summed E-state index contributed by atoms with van der Waals surface area (Å²) in [5.41, 5.74) is 6.56. The van der Waals surface area contributed by atoms with Gasteiger partial charge in [-0.1, -0.05) is 59.7 Å². The first-order valence-electron chi connectivity index (χ1n) is 11.3. The van der Waals surface area contributed by atoms with Crippen LogP contribution in [0.4, 0.5) is 0 Å². The molecule has 0 spiro atoms.